The van der Waals surface area contributed by atoms with E-state index >= 15 is 0 Å². The summed E-state index contributed by atoms with van der Waals surface area (Å²) in [6.07, 6.45) is 3.35. The van der Waals surface area contributed by atoms with Crippen molar-refractivity contribution in [3.63, 3.8) is 0 Å². The number of hydrogen-bond donors (Lipinski definition) is 2. The van der Waals surface area contributed by atoms with Gasteiger partial charge in [0.25, 0.3) is 5.91 Å². The number of carbonyl (C=O) groups excluding carboxylic acids is 3. The number of nitrogens with one attached hydrogen (secondary N) is 1. The van der Waals surface area contributed by atoms with Gasteiger partial charge < -0.3 is 19.6 Å². The number of carbonyl (C=O) groups is 3. The van der Waals surface area contributed by atoms with Gasteiger partial charge >= 0.3 is 0 Å². The van der Waals surface area contributed by atoms with Gasteiger partial charge in [-0.15, -0.1) is 0 Å². The van der Waals surface area contributed by atoms with Crippen LogP contribution in [-0.4, -0.2) is 69.8 Å². The molecule has 2 saturated heterocycles. The number of aromatic nitrogens is 1. The molecule has 1 aromatic heterocycles. The summed E-state index contributed by atoms with van der Waals surface area (Å²) in [6.45, 7) is 7.20. The number of anilines is 1. The summed E-state index contributed by atoms with van der Waals surface area (Å²) in [4.78, 5) is 48.3. The van der Waals surface area contributed by atoms with Gasteiger partial charge in [0.05, 0.1) is 5.69 Å². The molecular formula is C46H45N5O5. The third-order valence-electron chi connectivity index (χ3n) is 11.0. The van der Waals surface area contributed by atoms with E-state index in [1.54, 1.807) is 17.0 Å². The highest BCUT2D eigenvalue weighted by molar-refractivity contribution is 6.05. The number of benzene rings is 4. The molecule has 8 rings (SSSR count). The summed E-state index contributed by atoms with van der Waals surface area (Å²) >= 11 is 0. The molecule has 2 fully saturated rings. The number of fused-ring (bicyclic) bond motifs is 1. The van der Waals surface area contributed by atoms with Crippen molar-refractivity contribution in [3.8, 4) is 11.5 Å². The number of allylic oxidation sites excluding steroid dienone is 1. The number of aromatic hydroxyl groups is 1. The zero-order valence-electron chi connectivity index (χ0n) is 31.5. The fourth-order valence-corrected chi connectivity index (χ4v) is 7.98. The molecule has 3 amide bonds. The second-order valence-corrected chi connectivity index (χ2v) is 14.6. The quantitative estimate of drug-likeness (QED) is 0.112. The molecule has 10 nitrogen and oxygen atoms in total. The van der Waals surface area contributed by atoms with E-state index in [2.05, 4.69) is 76.6 Å². The van der Waals surface area contributed by atoms with Gasteiger partial charge in [-0.3, -0.25) is 29.6 Å². The average Bonchev–Trinajstić information content (AvgIpc) is 3.55. The summed E-state index contributed by atoms with van der Waals surface area (Å²) in [7, 11) is 0. The van der Waals surface area contributed by atoms with Crippen molar-refractivity contribution in [1.82, 2.24) is 20.1 Å². The van der Waals surface area contributed by atoms with E-state index in [9.17, 15) is 19.5 Å². The van der Waals surface area contributed by atoms with E-state index in [4.69, 9.17) is 9.72 Å². The van der Waals surface area contributed by atoms with Crippen molar-refractivity contribution in [3.05, 3.63) is 154 Å². The second-order valence-electron chi connectivity index (χ2n) is 14.6. The van der Waals surface area contributed by atoms with Gasteiger partial charge in [-0.1, -0.05) is 67.6 Å². The van der Waals surface area contributed by atoms with Crippen LogP contribution in [0.3, 0.4) is 0 Å². The first-order valence-corrected chi connectivity index (χ1v) is 19.3. The number of rotatable bonds is 11. The molecule has 1 atom stereocenters. The minimum Gasteiger partial charge on any atom is -0.508 e. The molecule has 4 aromatic carbocycles. The first-order chi connectivity index (χ1) is 27.3. The minimum absolute atomic E-state index is 0.149. The number of phenols is 1. The summed E-state index contributed by atoms with van der Waals surface area (Å²) < 4.78 is 6.19. The third-order valence-corrected chi connectivity index (χ3v) is 11.0. The normalized spacial score (nSPS) is 17.7. The van der Waals surface area contributed by atoms with Gasteiger partial charge in [-0.25, -0.2) is 0 Å². The summed E-state index contributed by atoms with van der Waals surface area (Å²) in [5, 5.41) is 12.3. The molecule has 1 unspecified atom stereocenters. The van der Waals surface area contributed by atoms with Crippen LogP contribution in [0.15, 0.2) is 115 Å². The van der Waals surface area contributed by atoms with Crippen LogP contribution in [0, 0.1) is 0 Å². The predicted molar refractivity (Wildman–Crippen MR) is 216 cm³/mol. The lowest BCUT2D eigenvalue weighted by Crippen LogP contribution is -2.52. The fraction of sp³-hybridized carbons (Fsp3) is 0.261. The number of piperazine rings is 1. The maximum atomic E-state index is 13.1. The third kappa shape index (κ3) is 7.92. The molecule has 4 heterocycles. The number of hydrogen-bond acceptors (Lipinski definition) is 8. The van der Waals surface area contributed by atoms with Gasteiger partial charge in [-0.05, 0) is 94.8 Å². The SMILES string of the molecule is CCC(=C(c1ccc(O)cc1)c1ccc(OCc2ccc(CN3CCN(c4ccc5c(c4)CN(C4CCC(=O)NC4=O)C5=O)CC3)nc2)cc1)c1ccccc1. The lowest BCUT2D eigenvalue weighted by molar-refractivity contribution is -0.136. The molecule has 10 heteroatoms. The average molecular weight is 748 g/mol. The Morgan fingerprint density at radius 2 is 1.57 bits per heavy atom. The highest BCUT2D eigenvalue weighted by atomic mass is 16.5. The molecule has 284 valence electrons. The molecule has 5 aromatic rings. The van der Waals surface area contributed by atoms with Crippen LogP contribution in [-0.2, 0) is 29.3 Å². The van der Waals surface area contributed by atoms with Crippen molar-refractivity contribution in [2.24, 2.45) is 0 Å². The monoisotopic (exact) mass is 747 g/mol. The molecular weight excluding hydrogens is 703 g/mol. The van der Waals surface area contributed by atoms with E-state index in [-0.39, 0.29) is 24.0 Å². The van der Waals surface area contributed by atoms with Gasteiger partial charge in [0.15, 0.2) is 0 Å². The van der Waals surface area contributed by atoms with E-state index in [1.807, 2.05) is 48.7 Å². The molecule has 0 bridgehead atoms. The molecule has 3 aliphatic rings. The Morgan fingerprint density at radius 3 is 2.25 bits per heavy atom. The molecule has 0 spiro atoms. The number of pyridine rings is 1. The number of phenolic OH excluding ortho intramolecular Hbond substituents is 1. The number of amides is 3. The number of nitrogens with zero attached hydrogens (tertiary/aromatic N) is 4. The van der Waals surface area contributed by atoms with Crippen molar-refractivity contribution in [1.29, 1.82) is 0 Å². The number of piperidine rings is 1. The Kier molecular flexibility index (Phi) is 10.6. The summed E-state index contributed by atoms with van der Waals surface area (Å²) in [5.74, 6) is 0.198. The maximum Gasteiger partial charge on any atom is 0.255 e. The number of imide groups is 1. The van der Waals surface area contributed by atoms with Crippen molar-refractivity contribution >= 4 is 34.6 Å². The smallest absolute Gasteiger partial charge is 0.255 e. The van der Waals surface area contributed by atoms with Crippen molar-refractivity contribution in [2.45, 2.75) is 51.9 Å². The highest BCUT2D eigenvalue weighted by Gasteiger charge is 2.39. The Hall–Kier alpha value is -6.26. The van der Waals surface area contributed by atoms with E-state index < -0.39 is 11.9 Å². The Morgan fingerprint density at radius 1 is 0.839 bits per heavy atom. The Bertz CT molecular complexity index is 2250. The van der Waals surface area contributed by atoms with Crippen LogP contribution in [0.2, 0.25) is 0 Å². The van der Waals surface area contributed by atoms with Crippen LogP contribution in [0.1, 0.15) is 70.1 Å². The fourth-order valence-electron chi connectivity index (χ4n) is 7.98. The lowest BCUT2D eigenvalue weighted by Gasteiger charge is -2.36. The first kappa shape index (κ1) is 36.7. The molecule has 0 saturated carbocycles. The van der Waals surface area contributed by atoms with Crippen molar-refractivity contribution in [2.75, 3.05) is 31.1 Å². The van der Waals surface area contributed by atoms with Crippen LogP contribution in [0.25, 0.3) is 11.1 Å². The van der Waals surface area contributed by atoms with Gasteiger partial charge in [-0.2, -0.15) is 0 Å². The summed E-state index contributed by atoms with van der Waals surface area (Å²) in [6, 6.07) is 35.5. The molecule has 2 N–H and O–H groups in total. The largest absolute Gasteiger partial charge is 0.508 e. The molecule has 0 aliphatic carbocycles. The van der Waals surface area contributed by atoms with Crippen LogP contribution in [0.5, 0.6) is 11.5 Å². The van der Waals surface area contributed by atoms with Crippen LogP contribution < -0.4 is 15.0 Å². The predicted octanol–water partition coefficient (Wildman–Crippen LogP) is 6.82. The summed E-state index contributed by atoms with van der Waals surface area (Å²) in [5.41, 5.74) is 10.3. The number of ether oxygens (including phenoxy) is 1. The minimum atomic E-state index is -0.609. The second kappa shape index (κ2) is 16.2. The highest BCUT2D eigenvalue weighted by Crippen LogP contribution is 2.36. The first-order valence-electron chi connectivity index (χ1n) is 19.3. The van der Waals surface area contributed by atoms with E-state index in [0.717, 1.165) is 84.1 Å². The molecule has 3 aliphatic heterocycles. The van der Waals surface area contributed by atoms with Crippen molar-refractivity contribution < 1.29 is 24.2 Å². The van der Waals surface area contributed by atoms with E-state index in [1.165, 1.54) is 11.1 Å². The zero-order valence-corrected chi connectivity index (χ0v) is 31.5. The van der Waals surface area contributed by atoms with Crippen LogP contribution in [0.4, 0.5) is 5.69 Å². The standard InChI is InChI=1S/C46H45N5O5/c1-2-40(32-6-4-3-5-7-32)44(33-9-15-38(52)16-10-33)34-11-17-39(18-12-34)56-30-31-8-13-36(47-27-31)29-49-22-24-50(25-23-49)37-14-19-41-35(26-37)28-51(46(41)55)42-20-21-43(53)48-45(42)54/h3-19,26-27,42,52H,2,20-25,28-30H2,1H3,(H,48,53,54). The molecule has 0 radical (unpaired) electrons. The Balaban J connectivity index is 0.845. The molecule has 56 heavy (non-hydrogen) atoms. The Labute approximate surface area is 327 Å². The van der Waals surface area contributed by atoms with Crippen LogP contribution >= 0.6 is 0 Å². The van der Waals surface area contributed by atoms with Gasteiger partial charge in [0.1, 0.15) is 24.1 Å². The van der Waals surface area contributed by atoms with E-state index in [0.29, 0.717) is 25.1 Å². The zero-order chi connectivity index (χ0) is 38.6. The van der Waals surface area contributed by atoms with Gasteiger partial charge in [0, 0.05) is 68.7 Å². The lowest BCUT2D eigenvalue weighted by atomic mass is 9.88. The maximum absolute atomic E-state index is 13.1. The van der Waals surface area contributed by atoms with Gasteiger partial charge in [0.2, 0.25) is 11.8 Å². The topological polar surface area (TPSA) is 115 Å².